The summed E-state index contributed by atoms with van der Waals surface area (Å²) in [5.74, 6) is -2.50. The Bertz CT molecular complexity index is 1240. The van der Waals surface area contributed by atoms with Gasteiger partial charge in [-0.3, -0.25) is 9.59 Å². The molecule has 1 amide bonds. The van der Waals surface area contributed by atoms with Crippen molar-refractivity contribution in [2.24, 2.45) is 5.92 Å². The maximum atomic E-state index is 14.5. The van der Waals surface area contributed by atoms with Gasteiger partial charge in [-0.15, -0.1) is 0 Å². The Morgan fingerprint density at radius 1 is 1.19 bits per heavy atom. The number of carbonyl (C=O) groups excluding carboxylic acids is 2. The van der Waals surface area contributed by atoms with E-state index in [4.69, 9.17) is 4.74 Å². The number of aliphatic hydroxyl groups is 1. The predicted molar refractivity (Wildman–Crippen MR) is 129 cm³/mol. The maximum Gasteiger partial charge on any atom is 0.223 e. The fraction of sp³-hybridized carbons (Fsp3) is 0.357. The zero-order chi connectivity index (χ0) is 26.1. The minimum absolute atomic E-state index is 0.101. The number of carbonyl (C=O) groups is 2. The summed E-state index contributed by atoms with van der Waals surface area (Å²) in [5, 5.41) is 24.7. The first-order chi connectivity index (χ1) is 17.0. The van der Waals surface area contributed by atoms with Gasteiger partial charge < -0.3 is 20.3 Å². The molecule has 0 fully saturated rings. The number of nitrogens with one attached hydrogen (secondary N) is 1. The summed E-state index contributed by atoms with van der Waals surface area (Å²) in [4.78, 5) is 25.8. The standard InChI is InChI=1S/C28H29F2NO5/c1-27(2,21-11-19(29)8-10-24(21)32)16-28(35,12-17-5-3-4-6-22(17)30)13-25(33)31-23-9-7-18-14-36-15-20(18)26(23)34/h3-11,14,20,23,32,35H,12-13,15-16H2,1-2H3,(H,31,33). The molecule has 0 saturated heterocycles. The second-order valence-corrected chi connectivity index (χ2v) is 10.2. The highest BCUT2D eigenvalue weighted by Gasteiger charge is 2.41. The average molecular weight is 498 g/mol. The summed E-state index contributed by atoms with van der Waals surface area (Å²) in [6.45, 7) is 3.62. The van der Waals surface area contributed by atoms with Crippen LogP contribution in [-0.4, -0.2) is 40.2 Å². The Labute approximate surface area is 208 Å². The van der Waals surface area contributed by atoms with Crippen molar-refractivity contribution in [3.05, 3.63) is 89.2 Å². The third-order valence-corrected chi connectivity index (χ3v) is 6.76. The summed E-state index contributed by atoms with van der Waals surface area (Å²) < 4.78 is 33.7. The molecule has 0 aromatic heterocycles. The van der Waals surface area contributed by atoms with E-state index in [1.807, 2.05) is 0 Å². The van der Waals surface area contributed by atoms with Crippen molar-refractivity contribution >= 4 is 11.7 Å². The van der Waals surface area contributed by atoms with Gasteiger partial charge in [0, 0.05) is 17.6 Å². The van der Waals surface area contributed by atoms with E-state index in [-0.39, 0.29) is 42.1 Å². The van der Waals surface area contributed by atoms with Gasteiger partial charge >= 0.3 is 0 Å². The number of ether oxygens (including phenoxy) is 1. The van der Waals surface area contributed by atoms with Crippen LogP contribution in [0.1, 0.15) is 37.8 Å². The molecule has 6 nitrogen and oxygen atoms in total. The summed E-state index contributed by atoms with van der Waals surface area (Å²) in [5.41, 5.74) is -1.57. The molecule has 1 aliphatic carbocycles. The van der Waals surface area contributed by atoms with Crippen molar-refractivity contribution in [3.63, 3.8) is 0 Å². The fourth-order valence-electron chi connectivity index (χ4n) is 5.13. The number of hydrogen-bond acceptors (Lipinski definition) is 5. The lowest BCUT2D eigenvalue weighted by Gasteiger charge is -2.37. The Balaban J connectivity index is 1.58. The number of halogens is 2. The third-order valence-electron chi connectivity index (χ3n) is 6.76. The maximum absolute atomic E-state index is 14.5. The van der Waals surface area contributed by atoms with Gasteiger partial charge in [0.05, 0.1) is 24.2 Å². The largest absolute Gasteiger partial charge is 0.508 e. The van der Waals surface area contributed by atoms with Crippen LogP contribution in [0.25, 0.3) is 0 Å². The molecule has 2 aromatic rings. The van der Waals surface area contributed by atoms with Gasteiger partial charge in [0.1, 0.15) is 30.0 Å². The van der Waals surface area contributed by atoms with Crippen LogP contribution in [0.5, 0.6) is 5.75 Å². The van der Waals surface area contributed by atoms with Crippen LogP contribution in [-0.2, 0) is 26.2 Å². The molecule has 8 heteroatoms. The van der Waals surface area contributed by atoms with E-state index in [0.717, 1.165) is 11.6 Å². The Morgan fingerprint density at radius 2 is 1.94 bits per heavy atom. The molecule has 3 atom stereocenters. The lowest BCUT2D eigenvalue weighted by molar-refractivity contribution is -0.132. The predicted octanol–water partition coefficient (Wildman–Crippen LogP) is 3.86. The third kappa shape index (κ3) is 5.49. The first-order valence-corrected chi connectivity index (χ1v) is 11.8. The van der Waals surface area contributed by atoms with Crippen LogP contribution >= 0.6 is 0 Å². The van der Waals surface area contributed by atoms with Crippen LogP contribution < -0.4 is 5.32 Å². The van der Waals surface area contributed by atoms with Crippen molar-refractivity contribution in [1.29, 1.82) is 0 Å². The normalized spacial score (nSPS) is 20.8. The van der Waals surface area contributed by atoms with Crippen LogP contribution in [0.3, 0.4) is 0 Å². The second kappa shape index (κ2) is 9.85. The molecular weight excluding hydrogens is 468 g/mol. The summed E-state index contributed by atoms with van der Waals surface area (Å²) >= 11 is 0. The summed E-state index contributed by atoms with van der Waals surface area (Å²) in [7, 11) is 0. The van der Waals surface area contributed by atoms with Gasteiger partial charge in [0.15, 0.2) is 5.78 Å². The van der Waals surface area contributed by atoms with Crippen LogP contribution in [0, 0.1) is 17.6 Å². The molecule has 4 rings (SSSR count). The molecule has 3 unspecified atom stereocenters. The number of amides is 1. The van der Waals surface area contributed by atoms with Crippen molar-refractivity contribution in [3.8, 4) is 5.75 Å². The number of aromatic hydroxyl groups is 1. The number of phenolic OH excluding ortho intramolecular Hbond substituents is 1. The van der Waals surface area contributed by atoms with E-state index in [2.05, 4.69) is 5.32 Å². The lowest BCUT2D eigenvalue weighted by Crippen LogP contribution is -2.48. The molecule has 0 saturated carbocycles. The fourth-order valence-corrected chi connectivity index (χ4v) is 5.13. The molecular formula is C28H29F2NO5. The number of phenols is 1. The lowest BCUT2D eigenvalue weighted by atomic mass is 9.72. The smallest absolute Gasteiger partial charge is 0.223 e. The molecule has 0 bridgehead atoms. The molecule has 1 aliphatic heterocycles. The number of benzene rings is 2. The van der Waals surface area contributed by atoms with Crippen molar-refractivity contribution in [1.82, 2.24) is 5.32 Å². The number of fused-ring (bicyclic) bond motifs is 1. The van der Waals surface area contributed by atoms with Gasteiger partial charge in [-0.25, -0.2) is 8.78 Å². The first-order valence-electron chi connectivity index (χ1n) is 11.8. The van der Waals surface area contributed by atoms with Gasteiger partial charge in [-0.2, -0.15) is 0 Å². The quantitative estimate of drug-likeness (QED) is 0.515. The SMILES string of the molecule is CC(C)(CC(O)(CC(=O)NC1C=CC2=COCC2C1=O)Cc1ccccc1F)c1cc(F)ccc1O. The highest BCUT2D eigenvalue weighted by Crippen LogP contribution is 2.40. The zero-order valence-corrected chi connectivity index (χ0v) is 20.1. The molecule has 2 aromatic carbocycles. The minimum atomic E-state index is -1.78. The Kier molecular flexibility index (Phi) is 7.00. The molecule has 36 heavy (non-hydrogen) atoms. The van der Waals surface area contributed by atoms with Gasteiger partial charge in [-0.1, -0.05) is 44.2 Å². The van der Waals surface area contributed by atoms with E-state index in [1.54, 1.807) is 32.1 Å². The minimum Gasteiger partial charge on any atom is -0.508 e. The van der Waals surface area contributed by atoms with E-state index >= 15 is 0 Å². The Morgan fingerprint density at radius 3 is 2.69 bits per heavy atom. The first kappa shape index (κ1) is 25.6. The van der Waals surface area contributed by atoms with E-state index in [0.29, 0.717) is 0 Å². The van der Waals surface area contributed by atoms with Gasteiger partial charge in [0.25, 0.3) is 0 Å². The molecule has 0 spiro atoms. The molecule has 3 N–H and O–H groups in total. The molecule has 0 radical (unpaired) electrons. The molecule has 190 valence electrons. The Hall–Kier alpha value is -3.52. The van der Waals surface area contributed by atoms with Crippen LogP contribution in [0.15, 0.2) is 66.5 Å². The van der Waals surface area contributed by atoms with E-state index in [9.17, 15) is 28.6 Å². The average Bonchev–Trinajstić information content (AvgIpc) is 3.28. The summed E-state index contributed by atoms with van der Waals surface area (Å²) in [6, 6.07) is 8.59. The molecule has 2 aliphatic rings. The number of ketones is 1. The van der Waals surface area contributed by atoms with Gasteiger partial charge in [-0.05, 0) is 41.7 Å². The molecule has 1 heterocycles. The number of hydrogen-bond donors (Lipinski definition) is 3. The van der Waals surface area contributed by atoms with Crippen LogP contribution in [0.2, 0.25) is 0 Å². The van der Waals surface area contributed by atoms with E-state index < -0.39 is 46.9 Å². The van der Waals surface area contributed by atoms with E-state index in [1.165, 1.54) is 36.6 Å². The zero-order valence-electron chi connectivity index (χ0n) is 20.1. The second-order valence-electron chi connectivity index (χ2n) is 10.2. The summed E-state index contributed by atoms with van der Waals surface area (Å²) in [6.07, 6.45) is 4.07. The van der Waals surface area contributed by atoms with Crippen molar-refractivity contribution in [2.45, 2.75) is 50.2 Å². The van der Waals surface area contributed by atoms with Crippen molar-refractivity contribution in [2.75, 3.05) is 6.61 Å². The number of allylic oxidation sites excluding steroid dienone is 1. The van der Waals surface area contributed by atoms with Gasteiger partial charge in [0.2, 0.25) is 5.91 Å². The highest BCUT2D eigenvalue weighted by atomic mass is 19.1. The monoisotopic (exact) mass is 497 g/mol. The number of rotatable bonds is 8. The topological polar surface area (TPSA) is 95.9 Å². The van der Waals surface area contributed by atoms with Crippen LogP contribution in [0.4, 0.5) is 8.78 Å². The number of Topliss-reactive ketones (excluding diaryl/α,β-unsaturated/α-hetero) is 1. The highest BCUT2D eigenvalue weighted by molar-refractivity contribution is 5.96. The van der Waals surface area contributed by atoms with Crippen molar-refractivity contribution < 1.29 is 33.3 Å².